The number of benzene rings is 2. The summed E-state index contributed by atoms with van der Waals surface area (Å²) >= 11 is 6.45. The normalized spacial score (nSPS) is 14.8. The van der Waals surface area contributed by atoms with Crippen LogP contribution in [0.5, 0.6) is 11.6 Å². The number of nitrogens with zero attached hydrogens (tertiary/aromatic N) is 3. The Morgan fingerprint density at radius 3 is 2.39 bits per heavy atom. The molecule has 0 N–H and O–H groups in total. The summed E-state index contributed by atoms with van der Waals surface area (Å²) in [7, 11) is 0. The van der Waals surface area contributed by atoms with E-state index < -0.39 is 17.3 Å². The largest absolute Gasteiger partial charge is 0.438 e. The summed E-state index contributed by atoms with van der Waals surface area (Å²) in [5, 5.41) is 0. The molecule has 0 spiro atoms. The van der Waals surface area contributed by atoms with E-state index in [1.54, 1.807) is 24.4 Å². The monoisotopic (exact) mass is 521 g/mol. The number of carbonyl (C=O) groups is 1. The molecule has 1 saturated heterocycles. The minimum absolute atomic E-state index is 0.0234. The van der Waals surface area contributed by atoms with Gasteiger partial charge in [0.1, 0.15) is 32.9 Å². The molecule has 1 aliphatic rings. The Balaban J connectivity index is 1.57. The second-order valence-electron chi connectivity index (χ2n) is 7.97. The highest BCUT2D eigenvalue weighted by Crippen LogP contribution is 2.35. The third-order valence-electron chi connectivity index (χ3n) is 5.48. The van der Waals surface area contributed by atoms with Gasteiger partial charge in [-0.25, -0.2) is 8.78 Å². The number of thiocarbonyl (C=S) groups is 1. The summed E-state index contributed by atoms with van der Waals surface area (Å²) in [6.07, 6.45) is 2.99. The van der Waals surface area contributed by atoms with Gasteiger partial charge >= 0.3 is 0 Å². The SMILES string of the molecule is Cc1cccn2c(=O)c(/C=C3/SC(=S)N(Cc4ccc(F)cc4)C3=O)c(Oc3ccc(F)cc3)nc12. The lowest BCUT2D eigenvalue weighted by Crippen LogP contribution is -2.27. The Bertz CT molecular complexity index is 1600. The van der Waals surface area contributed by atoms with Gasteiger partial charge in [0, 0.05) is 6.20 Å². The molecule has 0 aliphatic carbocycles. The van der Waals surface area contributed by atoms with Crippen LogP contribution in [0.1, 0.15) is 16.7 Å². The fourth-order valence-corrected chi connectivity index (χ4v) is 4.88. The van der Waals surface area contributed by atoms with Gasteiger partial charge in [-0.15, -0.1) is 0 Å². The molecule has 6 nitrogen and oxygen atoms in total. The van der Waals surface area contributed by atoms with Crippen molar-refractivity contribution in [1.29, 1.82) is 0 Å². The van der Waals surface area contributed by atoms with Gasteiger partial charge in [0.25, 0.3) is 11.5 Å². The first-order valence-corrected chi connectivity index (χ1v) is 12.0. The number of aryl methyl sites for hydroxylation is 1. The number of amides is 1. The maximum atomic E-state index is 13.5. The van der Waals surface area contributed by atoms with Gasteiger partial charge in [0.2, 0.25) is 5.88 Å². The first kappa shape index (κ1) is 23.8. The van der Waals surface area contributed by atoms with Crippen LogP contribution in [-0.4, -0.2) is 24.5 Å². The fraction of sp³-hybridized carbons (Fsp3) is 0.0769. The van der Waals surface area contributed by atoms with E-state index in [4.69, 9.17) is 17.0 Å². The number of pyridine rings is 1. The van der Waals surface area contributed by atoms with Crippen LogP contribution in [0.4, 0.5) is 8.78 Å². The van der Waals surface area contributed by atoms with E-state index in [-0.39, 0.29) is 34.5 Å². The van der Waals surface area contributed by atoms with Crippen LogP contribution in [0.3, 0.4) is 0 Å². The molecule has 36 heavy (non-hydrogen) atoms. The molecule has 0 atom stereocenters. The minimum atomic E-state index is -0.440. The number of rotatable bonds is 5. The van der Waals surface area contributed by atoms with Crippen molar-refractivity contribution >= 4 is 45.9 Å². The minimum Gasteiger partial charge on any atom is -0.438 e. The Labute approximate surface area is 213 Å². The maximum absolute atomic E-state index is 13.5. The maximum Gasteiger partial charge on any atom is 0.269 e. The molecule has 4 aromatic rings. The van der Waals surface area contributed by atoms with E-state index >= 15 is 0 Å². The summed E-state index contributed by atoms with van der Waals surface area (Å²) < 4.78 is 34.2. The van der Waals surface area contributed by atoms with E-state index in [2.05, 4.69) is 4.98 Å². The van der Waals surface area contributed by atoms with Gasteiger partial charge in [-0.05, 0) is 66.6 Å². The van der Waals surface area contributed by atoms with E-state index in [1.165, 1.54) is 51.8 Å². The van der Waals surface area contributed by atoms with E-state index in [0.717, 1.165) is 17.3 Å². The molecule has 0 saturated carbocycles. The third kappa shape index (κ3) is 4.65. The zero-order chi connectivity index (χ0) is 25.4. The molecule has 180 valence electrons. The van der Waals surface area contributed by atoms with Crippen LogP contribution in [-0.2, 0) is 11.3 Å². The average molecular weight is 522 g/mol. The molecule has 2 aromatic carbocycles. The molecular weight excluding hydrogens is 504 g/mol. The van der Waals surface area contributed by atoms with Crippen molar-refractivity contribution in [2.24, 2.45) is 0 Å². The quantitative estimate of drug-likeness (QED) is 0.256. The van der Waals surface area contributed by atoms with Crippen LogP contribution < -0.4 is 10.3 Å². The second kappa shape index (κ2) is 9.63. The van der Waals surface area contributed by atoms with Gasteiger partial charge in [0.05, 0.1) is 11.4 Å². The Morgan fingerprint density at radius 1 is 1.03 bits per heavy atom. The van der Waals surface area contributed by atoms with E-state index in [1.807, 2.05) is 13.0 Å². The molecule has 3 heterocycles. The fourth-order valence-electron chi connectivity index (χ4n) is 3.65. The number of ether oxygens (including phenoxy) is 1. The van der Waals surface area contributed by atoms with E-state index in [0.29, 0.717) is 15.5 Å². The van der Waals surface area contributed by atoms with Gasteiger partial charge < -0.3 is 4.74 Å². The van der Waals surface area contributed by atoms with Gasteiger partial charge in [-0.3, -0.25) is 18.9 Å². The van der Waals surface area contributed by atoms with Crippen molar-refractivity contribution in [3.05, 3.63) is 110 Å². The average Bonchev–Trinajstić information content (AvgIpc) is 3.12. The summed E-state index contributed by atoms with van der Waals surface area (Å²) in [6, 6.07) is 14.6. The lowest BCUT2D eigenvalue weighted by molar-refractivity contribution is -0.122. The third-order valence-corrected chi connectivity index (χ3v) is 6.86. The van der Waals surface area contributed by atoms with Crippen LogP contribution in [0.2, 0.25) is 0 Å². The zero-order valence-corrected chi connectivity index (χ0v) is 20.4. The Kier molecular flexibility index (Phi) is 6.38. The van der Waals surface area contributed by atoms with Crippen molar-refractivity contribution in [2.75, 3.05) is 0 Å². The van der Waals surface area contributed by atoms with Crippen LogP contribution in [0, 0.1) is 18.6 Å². The summed E-state index contributed by atoms with van der Waals surface area (Å²) in [6.45, 7) is 1.97. The number of halogens is 2. The predicted octanol–water partition coefficient (Wildman–Crippen LogP) is 5.47. The molecule has 0 unspecified atom stereocenters. The Hall–Kier alpha value is -3.89. The van der Waals surface area contributed by atoms with Crippen LogP contribution in [0.15, 0.2) is 76.6 Å². The summed E-state index contributed by atoms with van der Waals surface area (Å²) in [5.74, 6) is -0.952. The van der Waals surface area contributed by atoms with Crippen molar-refractivity contribution in [1.82, 2.24) is 14.3 Å². The Morgan fingerprint density at radius 2 is 1.69 bits per heavy atom. The molecule has 10 heteroatoms. The van der Waals surface area contributed by atoms with Crippen molar-refractivity contribution < 1.29 is 18.3 Å². The van der Waals surface area contributed by atoms with Crippen LogP contribution >= 0.6 is 24.0 Å². The highest BCUT2D eigenvalue weighted by Gasteiger charge is 2.33. The van der Waals surface area contributed by atoms with Crippen LogP contribution in [0.25, 0.3) is 11.7 Å². The van der Waals surface area contributed by atoms with Gasteiger partial charge in [-0.2, -0.15) is 4.98 Å². The van der Waals surface area contributed by atoms with Crippen molar-refractivity contribution in [2.45, 2.75) is 13.5 Å². The highest BCUT2D eigenvalue weighted by atomic mass is 32.2. The first-order chi connectivity index (χ1) is 17.3. The second-order valence-corrected chi connectivity index (χ2v) is 9.65. The smallest absolute Gasteiger partial charge is 0.269 e. The number of hydrogen-bond donors (Lipinski definition) is 0. The molecule has 0 radical (unpaired) electrons. The number of carbonyl (C=O) groups excluding carboxylic acids is 1. The van der Waals surface area contributed by atoms with Gasteiger partial charge in [-0.1, -0.05) is 42.2 Å². The molecular formula is C26H17F2N3O3S2. The summed E-state index contributed by atoms with van der Waals surface area (Å²) in [4.78, 5) is 32.8. The molecule has 1 aliphatic heterocycles. The van der Waals surface area contributed by atoms with Crippen molar-refractivity contribution in [3.63, 3.8) is 0 Å². The van der Waals surface area contributed by atoms with E-state index in [9.17, 15) is 18.4 Å². The van der Waals surface area contributed by atoms with Crippen molar-refractivity contribution in [3.8, 4) is 11.6 Å². The molecule has 1 amide bonds. The lowest BCUT2D eigenvalue weighted by atomic mass is 10.2. The zero-order valence-electron chi connectivity index (χ0n) is 18.8. The number of thioether (sulfide) groups is 1. The molecule has 5 rings (SSSR count). The first-order valence-electron chi connectivity index (χ1n) is 10.8. The summed E-state index contributed by atoms with van der Waals surface area (Å²) in [5.41, 5.74) is 1.45. The molecule has 0 bridgehead atoms. The highest BCUT2D eigenvalue weighted by molar-refractivity contribution is 8.26. The molecule has 1 fully saturated rings. The lowest BCUT2D eigenvalue weighted by Gasteiger charge is -2.14. The topological polar surface area (TPSA) is 63.9 Å². The number of hydrogen-bond acceptors (Lipinski definition) is 6. The predicted molar refractivity (Wildman–Crippen MR) is 138 cm³/mol. The molecule has 2 aromatic heterocycles. The number of aromatic nitrogens is 2. The van der Waals surface area contributed by atoms with Gasteiger partial charge in [0.15, 0.2) is 0 Å². The number of fused-ring (bicyclic) bond motifs is 1. The standard InChI is InChI=1S/C26H17F2N3O3S2/c1-15-3-2-12-30-22(15)29-23(34-19-10-8-18(28)9-11-19)20(24(30)32)13-21-25(33)31(26(35)36-21)14-16-4-6-17(27)7-5-16/h2-13H,14H2,1H3/b21-13+.